The maximum atomic E-state index is 14.0. The van der Waals surface area contributed by atoms with Gasteiger partial charge in [-0.25, -0.2) is 9.18 Å². The van der Waals surface area contributed by atoms with Crippen LogP contribution in [-0.2, 0) is 13.2 Å². The van der Waals surface area contributed by atoms with E-state index in [-0.39, 0.29) is 22.8 Å². The molecule has 162 valence electrons. The van der Waals surface area contributed by atoms with Gasteiger partial charge in [-0.2, -0.15) is 0 Å². The fourth-order valence-electron chi connectivity index (χ4n) is 3.05. The molecule has 3 aromatic rings. The van der Waals surface area contributed by atoms with Crippen LogP contribution in [0.4, 0.5) is 10.1 Å². The van der Waals surface area contributed by atoms with Gasteiger partial charge in [0.2, 0.25) is 0 Å². The Morgan fingerprint density at radius 3 is 2.61 bits per heavy atom. The third-order valence-electron chi connectivity index (χ3n) is 4.80. The molecular formula is C23H20BrClFNO4. The van der Waals surface area contributed by atoms with Crippen molar-refractivity contribution in [2.45, 2.75) is 20.1 Å². The lowest BCUT2D eigenvalue weighted by Gasteiger charge is -2.16. The van der Waals surface area contributed by atoms with Crippen molar-refractivity contribution in [1.29, 1.82) is 0 Å². The number of nitrogens with one attached hydrogen (secondary N) is 1. The Labute approximate surface area is 192 Å². The zero-order valence-electron chi connectivity index (χ0n) is 16.8. The van der Waals surface area contributed by atoms with E-state index in [4.69, 9.17) is 21.1 Å². The number of hydrogen-bond acceptors (Lipinski definition) is 4. The molecule has 8 heteroatoms. The molecule has 0 unspecified atom stereocenters. The topological polar surface area (TPSA) is 67.8 Å². The van der Waals surface area contributed by atoms with E-state index in [1.54, 1.807) is 37.3 Å². The van der Waals surface area contributed by atoms with Crippen LogP contribution in [0.25, 0.3) is 0 Å². The average Bonchev–Trinajstić information content (AvgIpc) is 2.73. The Bertz CT molecular complexity index is 1100. The number of hydrogen-bond donors (Lipinski definition) is 2. The summed E-state index contributed by atoms with van der Waals surface area (Å²) in [5.41, 5.74) is 2.76. The summed E-state index contributed by atoms with van der Waals surface area (Å²) in [5.74, 6) is -0.504. The Kier molecular flexibility index (Phi) is 7.41. The quantitative estimate of drug-likeness (QED) is 0.366. The highest BCUT2D eigenvalue weighted by Crippen LogP contribution is 2.35. The number of anilines is 1. The molecule has 5 nitrogen and oxygen atoms in total. The van der Waals surface area contributed by atoms with Crippen LogP contribution < -0.4 is 14.8 Å². The molecule has 0 fully saturated rings. The number of carboxylic acid groups (broad SMARTS) is 1. The molecule has 2 N–H and O–H groups in total. The lowest BCUT2D eigenvalue weighted by Crippen LogP contribution is -2.07. The molecule has 0 atom stereocenters. The number of benzene rings is 3. The number of carbonyl (C=O) groups is 1. The number of halogens is 3. The molecular weight excluding hydrogens is 489 g/mol. The van der Waals surface area contributed by atoms with Crippen LogP contribution in [0.5, 0.6) is 11.5 Å². The smallest absolute Gasteiger partial charge is 0.336 e. The van der Waals surface area contributed by atoms with Gasteiger partial charge in [0.1, 0.15) is 12.4 Å². The summed E-state index contributed by atoms with van der Waals surface area (Å²) in [6, 6.07) is 13.1. The minimum absolute atomic E-state index is 0.0485. The van der Waals surface area contributed by atoms with Crippen molar-refractivity contribution in [2.75, 3.05) is 12.4 Å². The van der Waals surface area contributed by atoms with E-state index < -0.39 is 11.8 Å². The van der Waals surface area contributed by atoms with E-state index in [0.717, 1.165) is 15.7 Å². The van der Waals surface area contributed by atoms with Gasteiger partial charge in [-0.3, -0.25) is 0 Å². The van der Waals surface area contributed by atoms with Gasteiger partial charge in [-0.1, -0.05) is 39.7 Å². The van der Waals surface area contributed by atoms with Crippen LogP contribution in [0.15, 0.2) is 53.0 Å². The lowest BCUT2D eigenvalue weighted by molar-refractivity contribution is 0.0696. The van der Waals surface area contributed by atoms with E-state index >= 15 is 0 Å². The number of rotatable bonds is 8. The first-order valence-corrected chi connectivity index (χ1v) is 10.5. The van der Waals surface area contributed by atoms with E-state index in [1.165, 1.54) is 19.2 Å². The van der Waals surface area contributed by atoms with E-state index in [1.807, 2.05) is 6.07 Å². The minimum atomic E-state index is -0.972. The molecule has 0 aromatic heterocycles. The van der Waals surface area contributed by atoms with Gasteiger partial charge in [0, 0.05) is 22.3 Å². The molecule has 0 saturated heterocycles. The molecule has 0 aliphatic carbocycles. The molecule has 0 bridgehead atoms. The van der Waals surface area contributed by atoms with Crippen LogP contribution in [-0.4, -0.2) is 18.2 Å². The van der Waals surface area contributed by atoms with Crippen LogP contribution >= 0.6 is 27.5 Å². The summed E-state index contributed by atoms with van der Waals surface area (Å²) in [6.45, 7) is 2.12. The molecule has 31 heavy (non-hydrogen) atoms. The highest BCUT2D eigenvalue weighted by atomic mass is 79.9. The summed E-state index contributed by atoms with van der Waals surface area (Å²) in [6.07, 6.45) is 0. The second-order valence-electron chi connectivity index (χ2n) is 6.72. The van der Waals surface area contributed by atoms with Crippen molar-refractivity contribution in [3.05, 3.63) is 86.1 Å². The largest absolute Gasteiger partial charge is 0.493 e. The van der Waals surface area contributed by atoms with E-state index in [9.17, 15) is 14.3 Å². The summed E-state index contributed by atoms with van der Waals surface area (Å²) < 4.78 is 26.0. The molecule has 0 heterocycles. The maximum Gasteiger partial charge on any atom is 0.336 e. The molecule has 0 amide bonds. The van der Waals surface area contributed by atoms with Gasteiger partial charge >= 0.3 is 5.97 Å². The Balaban J connectivity index is 1.78. The first-order valence-electron chi connectivity index (χ1n) is 9.30. The third-order valence-corrected chi connectivity index (χ3v) is 5.89. The van der Waals surface area contributed by atoms with Gasteiger partial charge in [0.25, 0.3) is 0 Å². The molecule has 3 rings (SSSR count). The maximum absolute atomic E-state index is 14.0. The molecule has 3 aromatic carbocycles. The van der Waals surface area contributed by atoms with Crippen molar-refractivity contribution < 1.29 is 23.8 Å². The van der Waals surface area contributed by atoms with Crippen molar-refractivity contribution in [3.8, 4) is 11.5 Å². The standard InChI is InChI=1S/C23H20BrClFNO4/c1-13-15(23(28)29)5-3-8-20(13)27-11-14-9-21(30-2)22(10-17(14)24)31-12-16-18(25)6-4-7-19(16)26/h3-10,27H,11-12H2,1-2H3,(H,28,29). The van der Waals surface area contributed by atoms with Gasteiger partial charge in [-0.15, -0.1) is 0 Å². The average molecular weight is 509 g/mol. The molecule has 0 aliphatic rings. The fourth-order valence-corrected chi connectivity index (χ4v) is 3.73. The van der Waals surface area contributed by atoms with E-state index in [0.29, 0.717) is 23.6 Å². The Hall–Kier alpha value is -2.77. The van der Waals surface area contributed by atoms with Crippen molar-refractivity contribution in [3.63, 3.8) is 0 Å². The number of methoxy groups -OCH3 is 1. The third kappa shape index (κ3) is 5.29. The summed E-state index contributed by atoms with van der Waals surface area (Å²) in [4.78, 5) is 11.3. The lowest BCUT2D eigenvalue weighted by atomic mass is 10.1. The van der Waals surface area contributed by atoms with Crippen molar-refractivity contribution in [2.24, 2.45) is 0 Å². The second-order valence-corrected chi connectivity index (χ2v) is 7.98. The van der Waals surface area contributed by atoms with E-state index in [2.05, 4.69) is 21.2 Å². The van der Waals surface area contributed by atoms with Crippen LogP contribution in [0, 0.1) is 12.7 Å². The van der Waals surface area contributed by atoms with Crippen molar-refractivity contribution >= 4 is 39.2 Å². The summed E-state index contributed by atoms with van der Waals surface area (Å²) in [5, 5.41) is 12.8. The molecule has 0 radical (unpaired) electrons. The van der Waals surface area contributed by atoms with Gasteiger partial charge < -0.3 is 19.9 Å². The predicted octanol–water partition coefficient (Wildman–Crippen LogP) is 6.45. The number of carboxylic acids is 1. The highest BCUT2D eigenvalue weighted by Gasteiger charge is 2.14. The highest BCUT2D eigenvalue weighted by molar-refractivity contribution is 9.10. The van der Waals surface area contributed by atoms with Crippen LogP contribution in [0.2, 0.25) is 5.02 Å². The van der Waals surface area contributed by atoms with Gasteiger partial charge in [0.15, 0.2) is 11.5 Å². The normalized spacial score (nSPS) is 10.6. The first-order chi connectivity index (χ1) is 14.8. The van der Waals surface area contributed by atoms with Gasteiger partial charge in [-0.05, 0) is 54.4 Å². The summed E-state index contributed by atoms with van der Waals surface area (Å²) in [7, 11) is 1.52. The summed E-state index contributed by atoms with van der Waals surface area (Å²) >= 11 is 9.59. The zero-order chi connectivity index (χ0) is 22.5. The van der Waals surface area contributed by atoms with Crippen LogP contribution in [0.1, 0.15) is 27.0 Å². The second kappa shape index (κ2) is 10.0. The predicted molar refractivity (Wildman–Crippen MR) is 122 cm³/mol. The van der Waals surface area contributed by atoms with Crippen molar-refractivity contribution in [1.82, 2.24) is 0 Å². The zero-order valence-corrected chi connectivity index (χ0v) is 19.2. The number of ether oxygens (including phenoxy) is 2. The number of aromatic carboxylic acids is 1. The SMILES string of the molecule is COc1cc(CNc2cccc(C(=O)O)c2C)c(Br)cc1OCc1c(F)cccc1Cl. The van der Waals surface area contributed by atoms with Gasteiger partial charge in [0.05, 0.1) is 17.7 Å². The Morgan fingerprint density at radius 1 is 1.19 bits per heavy atom. The molecule has 0 saturated carbocycles. The monoisotopic (exact) mass is 507 g/mol. The Morgan fingerprint density at radius 2 is 1.94 bits per heavy atom. The van der Waals surface area contributed by atoms with Crippen LogP contribution in [0.3, 0.4) is 0 Å². The first kappa shape index (κ1) is 22.9. The minimum Gasteiger partial charge on any atom is -0.493 e. The fraction of sp³-hybridized carbons (Fsp3) is 0.174. The molecule has 0 aliphatic heterocycles. The molecule has 0 spiro atoms.